The number of imidazole rings is 1. The molecule has 1 aliphatic rings. The van der Waals surface area contributed by atoms with E-state index < -0.39 is 0 Å². The molecule has 1 aromatic rings. The van der Waals surface area contributed by atoms with Crippen LogP contribution in [0.1, 0.15) is 84.5 Å². The number of nitrogens with one attached hydrogen (secondary N) is 1. The summed E-state index contributed by atoms with van der Waals surface area (Å²) in [5.41, 5.74) is 0.280. The van der Waals surface area contributed by atoms with E-state index in [-0.39, 0.29) is 17.8 Å². The molecule has 26 heavy (non-hydrogen) atoms. The molecule has 2 nitrogen and oxygen atoms in total. The van der Waals surface area contributed by atoms with Crippen LogP contribution < -0.4 is 17.0 Å². The number of allylic oxidation sites excluding steroid dienone is 4. The maximum absolute atomic E-state index is 3.18. The second kappa shape index (κ2) is 13.2. The standard InChI is InChI=1S/C23H38N2.ClH/c1-3-4-5-6-7-8-9-10-11-13-16-23(17-14-12-15-22(23)2)20-25-19-18-24-21-25;/h12,14-15,17-19,21-22H,3-11,13,16,20H2,1-2H3;1H. The van der Waals surface area contributed by atoms with Crippen molar-refractivity contribution in [2.45, 2.75) is 91.0 Å². The Labute approximate surface area is 167 Å². The fraction of sp³-hybridized carbons (Fsp3) is 0.696. The average molecular weight is 379 g/mol. The highest BCUT2D eigenvalue weighted by Gasteiger charge is 2.35. The van der Waals surface area contributed by atoms with Gasteiger partial charge in [0.15, 0.2) is 0 Å². The van der Waals surface area contributed by atoms with E-state index in [1.165, 1.54) is 70.6 Å². The van der Waals surface area contributed by atoms with Gasteiger partial charge in [-0.15, -0.1) is 0 Å². The molecule has 0 radical (unpaired) electrons. The first kappa shape index (κ1) is 23.0. The average Bonchev–Trinajstić information content (AvgIpc) is 3.12. The first-order chi connectivity index (χ1) is 12.3. The number of rotatable bonds is 13. The second-order valence-electron chi connectivity index (χ2n) is 7.98. The maximum Gasteiger partial charge on any atom is 0.241 e. The number of halogens is 1. The monoisotopic (exact) mass is 378 g/mol. The van der Waals surface area contributed by atoms with Gasteiger partial charge in [0.05, 0.1) is 6.54 Å². The van der Waals surface area contributed by atoms with Crippen LogP contribution in [-0.2, 0) is 6.54 Å². The normalized spacial score (nSPS) is 21.7. The molecule has 0 saturated heterocycles. The summed E-state index contributed by atoms with van der Waals surface area (Å²) >= 11 is 0. The highest BCUT2D eigenvalue weighted by molar-refractivity contribution is 5.18. The zero-order chi connectivity index (χ0) is 17.8. The van der Waals surface area contributed by atoms with Crippen LogP contribution in [0.3, 0.4) is 0 Å². The van der Waals surface area contributed by atoms with Crippen molar-refractivity contribution in [2.24, 2.45) is 11.3 Å². The third kappa shape index (κ3) is 7.70. The molecule has 2 rings (SSSR count). The van der Waals surface area contributed by atoms with Crippen LogP contribution in [0.25, 0.3) is 0 Å². The van der Waals surface area contributed by atoms with Crippen molar-refractivity contribution in [1.82, 2.24) is 4.98 Å². The summed E-state index contributed by atoms with van der Waals surface area (Å²) in [5.74, 6) is 0.610. The fourth-order valence-corrected chi connectivity index (χ4v) is 4.11. The zero-order valence-corrected chi connectivity index (χ0v) is 17.7. The molecule has 2 atom stereocenters. The van der Waals surface area contributed by atoms with E-state index in [4.69, 9.17) is 0 Å². The van der Waals surface area contributed by atoms with Gasteiger partial charge in [0.1, 0.15) is 12.4 Å². The highest BCUT2D eigenvalue weighted by Crippen LogP contribution is 2.39. The highest BCUT2D eigenvalue weighted by atomic mass is 35.5. The molecule has 0 fully saturated rings. The van der Waals surface area contributed by atoms with Gasteiger partial charge in [0.2, 0.25) is 6.33 Å². The van der Waals surface area contributed by atoms with E-state index in [2.05, 4.69) is 60.2 Å². The summed E-state index contributed by atoms with van der Waals surface area (Å²) in [5, 5.41) is 0. The molecule has 3 heteroatoms. The lowest BCUT2D eigenvalue weighted by atomic mass is 9.70. The number of aromatic nitrogens is 2. The Bertz CT molecular complexity index is 506. The van der Waals surface area contributed by atoms with Crippen LogP contribution in [0.15, 0.2) is 43.0 Å². The van der Waals surface area contributed by atoms with E-state index in [0.29, 0.717) is 5.92 Å². The van der Waals surface area contributed by atoms with Crippen LogP contribution in [-0.4, -0.2) is 4.98 Å². The summed E-state index contributed by atoms with van der Waals surface area (Å²) in [6, 6.07) is 0. The molecule has 1 aliphatic carbocycles. The molecule has 0 amide bonds. The first-order valence-electron chi connectivity index (χ1n) is 10.6. The van der Waals surface area contributed by atoms with Gasteiger partial charge in [-0.05, 0) is 12.3 Å². The van der Waals surface area contributed by atoms with Gasteiger partial charge in [0.25, 0.3) is 0 Å². The van der Waals surface area contributed by atoms with Crippen LogP contribution in [0.4, 0.5) is 0 Å². The van der Waals surface area contributed by atoms with Gasteiger partial charge in [0, 0.05) is 5.41 Å². The molecule has 2 unspecified atom stereocenters. The van der Waals surface area contributed by atoms with Crippen molar-refractivity contribution in [3.05, 3.63) is 43.0 Å². The third-order valence-electron chi connectivity index (χ3n) is 5.92. The number of unbranched alkanes of at least 4 members (excludes halogenated alkanes) is 9. The lowest BCUT2D eigenvalue weighted by molar-refractivity contribution is -0.707. The molecule has 1 N–H and O–H groups in total. The third-order valence-corrected chi connectivity index (χ3v) is 5.92. The predicted molar refractivity (Wildman–Crippen MR) is 107 cm³/mol. The Hall–Kier alpha value is -1.02. The largest absolute Gasteiger partial charge is 1.00 e. The topological polar surface area (TPSA) is 19.7 Å². The summed E-state index contributed by atoms with van der Waals surface area (Å²) in [6.45, 7) is 5.75. The number of nitrogens with zero attached hydrogens (tertiary/aromatic N) is 1. The number of H-pyrrole nitrogens is 1. The Morgan fingerprint density at radius 1 is 0.923 bits per heavy atom. The number of hydrogen-bond donors (Lipinski definition) is 1. The summed E-state index contributed by atoms with van der Waals surface area (Å²) in [4.78, 5) is 3.18. The molecule has 1 aromatic heterocycles. The van der Waals surface area contributed by atoms with E-state index in [1.807, 2.05) is 6.20 Å². The molecule has 0 bridgehead atoms. The zero-order valence-electron chi connectivity index (χ0n) is 16.9. The smallest absolute Gasteiger partial charge is 0.241 e. The molecule has 0 aliphatic heterocycles. The van der Waals surface area contributed by atoms with Crippen LogP contribution >= 0.6 is 0 Å². The maximum atomic E-state index is 3.18. The molecular formula is C23H39ClN2. The number of hydrogen-bond acceptors (Lipinski definition) is 0. The van der Waals surface area contributed by atoms with Crippen molar-refractivity contribution in [1.29, 1.82) is 0 Å². The van der Waals surface area contributed by atoms with Gasteiger partial charge in [-0.2, -0.15) is 0 Å². The predicted octanol–water partition coefficient (Wildman–Crippen LogP) is 3.37. The van der Waals surface area contributed by atoms with Gasteiger partial charge in [-0.25, -0.2) is 4.57 Å². The molecular weight excluding hydrogens is 340 g/mol. The van der Waals surface area contributed by atoms with E-state index in [1.54, 1.807) is 0 Å². The van der Waals surface area contributed by atoms with Gasteiger partial charge < -0.3 is 12.4 Å². The van der Waals surface area contributed by atoms with Gasteiger partial charge in [-0.3, -0.25) is 4.98 Å². The lowest BCUT2D eigenvalue weighted by Crippen LogP contribution is -3.00. The Balaban J connectivity index is 0.00000338. The van der Waals surface area contributed by atoms with Crippen molar-refractivity contribution >= 4 is 0 Å². The molecule has 0 saturated carbocycles. The van der Waals surface area contributed by atoms with E-state index >= 15 is 0 Å². The van der Waals surface area contributed by atoms with Crippen LogP contribution in [0, 0.1) is 11.3 Å². The summed E-state index contributed by atoms with van der Waals surface area (Å²) in [7, 11) is 0. The van der Waals surface area contributed by atoms with Crippen molar-refractivity contribution in [3.8, 4) is 0 Å². The summed E-state index contributed by atoms with van der Waals surface area (Å²) in [6.07, 6.45) is 31.0. The molecule has 0 aromatic carbocycles. The van der Waals surface area contributed by atoms with E-state index in [9.17, 15) is 0 Å². The Morgan fingerprint density at radius 2 is 1.58 bits per heavy atom. The molecule has 0 spiro atoms. The minimum absolute atomic E-state index is 0. The van der Waals surface area contributed by atoms with Crippen molar-refractivity contribution in [3.63, 3.8) is 0 Å². The summed E-state index contributed by atoms with van der Waals surface area (Å²) < 4.78 is 2.30. The van der Waals surface area contributed by atoms with E-state index in [0.717, 1.165) is 6.54 Å². The van der Waals surface area contributed by atoms with Crippen molar-refractivity contribution in [2.75, 3.05) is 0 Å². The minimum atomic E-state index is 0. The first-order valence-corrected chi connectivity index (χ1v) is 10.6. The van der Waals surface area contributed by atoms with Gasteiger partial charge >= 0.3 is 0 Å². The fourth-order valence-electron chi connectivity index (χ4n) is 4.11. The molecule has 148 valence electrons. The second-order valence-corrected chi connectivity index (χ2v) is 7.98. The van der Waals surface area contributed by atoms with Crippen LogP contribution in [0.2, 0.25) is 0 Å². The Morgan fingerprint density at radius 3 is 2.15 bits per heavy atom. The van der Waals surface area contributed by atoms with Gasteiger partial charge in [-0.1, -0.05) is 102 Å². The van der Waals surface area contributed by atoms with Crippen LogP contribution in [0.5, 0.6) is 0 Å². The minimum Gasteiger partial charge on any atom is -1.00 e. The quantitative estimate of drug-likeness (QED) is 0.401. The lowest BCUT2D eigenvalue weighted by Gasteiger charge is -2.35. The number of aromatic amines is 1. The molecule has 1 heterocycles. The SMILES string of the molecule is CCCCCCCCCCCCC1(C[n+]2cc[nH]c2)C=CC=CC1C.[Cl-]. The Kier molecular flexibility index (Phi) is 11.7. The van der Waals surface area contributed by atoms with Crippen molar-refractivity contribution < 1.29 is 17.0 Å².